The molecule has 1 rings (SSSR count). The molecule has 0 saturated carbocycles. The molecule has 2 heteroatoms. The van der Waals surface area contributed by atoms with Crippen molar-refractivity contribution in [3.8, 4) is 0 Å². The highest BCUT2D eigenvalue weighted by molar-refractivity contribution is 4.69. The molecule has 1 aliphatic rings. The van der Waals surface area contributed by atoms with E-state index in [-0.39, 0.29) is 0 Å². The molecule has 1 atom stereocenters. The van der Waals surface area contributed by atoms with E-state index in [1.165, 1.54) is 58.3 Å². The second kappa shape index (κ2) is 8.08. The van der Waals surface area contributed by atoms with Crippen LogP contribution >= 0.6 is 0 Å². The van der Waals surface area contributed by atoms with E-state index in [2.05, 4.69) is 31.1 Å². The van der Waals surface area contributed by atoms with Crippen molar-refractivity contribution in [3.05, 3.63) is 0 Å². The van der Waals surface area contributed by atoms with Gasteiger partial charge < -0.3 is 10.2 Å². The lowest BCUT2D eigenvalue weighted by molar-refractivity contribution is 0.260. The third kappa shape index (κ3) is 5.86. The Morgan fingerprint density at radius 1 is 1.31 bits per heavy atom. The van der Waals surface area contributed by atoms with Crippen molar-refractivity contribution in [2.24, 2.45) is 11.8 Å². The number of rotatable bonds is 7. The van der Waals surface area contributed by atoms with Crippen molar-refractivity contribution >= 4 is 0 Å². The van der Waals surface area contributed by atoms with Gasteiger partial charge in [-0.2, -0.15) is 0 Å². The quantitative estimate of drug-likeness (QED) is 0.718. The highest BCUT2D eigenvalue weighted by Gasteiger charge is 2.12. The summed E-state index contributed by atoms with van der Waals surface area (Å²) in [5.41, 5.74) is 0. The van der Waals surface area contributed by atoms with Gasteiger partial charge in [0.25, 0.3) is 0 Å². The third-order valence-electron chi connectivity index (χ3n) is 3.93. The first kappa shape index (κ1) is 14.0. The SMILES string of the molecule is CCC(C)CN(C)CCCC1CCNCC1. The van der Waals surface area contributed by atoms with Crippen LogP contribution in [0.2, 0.25) is 0 Å². The van der Waals surface area contributed by atoms with Crippen LogP contribution in [0.4, 0.5) is 0 Å². The Morgan fingerprint density at radius 2 is 2.00 bits per heavy atom. The van der Waals surface area contributed by atoms with Gasteiger partial charge in [-0.05, 0) is 64.2 Å². The monoisotopic (exact) mass is 226 g/mol. The number of piperidine rings is 1. The Hall–Kier alpha value is -0.0800. The Morgan fingerprint density at radius 3 is 2.62 bits per heavy atom. The maximum Gasteiger partial charge on any atom is 0.000387 e. The molecule has 0 radical (unpaired) electrons. The van der Waals surface area contributed by atoms with Gasteiger partial charge in [0, 0.05) is 6.54 Å². The summed E-state index contributed by atoms with van der Waals surface area (Å²) in [5, 5.41) is 3.44. The van der Waals surface area contributed by atoms with Gasteiger partial charge in [0.1, 0.15) is 0 Å². The molecule has 0 aromatic carbocycles. The third-order valence-corrected chi connectivity index (χ3v) is 3.93. The molecular formula is C14H30N2. The Kier molecular flexibility index (Phi) is 7.06. The number of nitrogens with zero attached hydrogens (tertiary/aromatic N) is 1. The molecule has 0 aromatic heterocycles. The van der Waals surface area contributed by atoms with Crippen LogP contribution in [-0.2, 0) is 0 Å². The molecule has 2 nitrogen and oxygen atoms in total. The minimum absolute atomic E-state index is 0.851. The second-order valence-corrected chi connectivity index (χ2v) is 5.61. The predicted molar refractivity (Wildman–Crippen MR) is 71.8 cm³/mol. The van der Waals surface area contributed by atoms with E-state index >= 15 is 0 Å². The minimum atomic E-state index is 0.851. The van der Waals surface area contributed by atoms with Gasteiger partial charge in [-0.25, -0.2) is 0 Å². The molecule has 0 spiro atoms. The Labute approximate surface area is 102 Å². The first-order chi connectivity index (χ1) is 7.72. The molecule has 1 saturated heterocycles. The van der Waals surface area contributed by atoms with Crippen LogP contribution in [-0.4, -0.2) is 38.1 Å². The van der Waals surface area contributed by atoms with Gasteiger partial charge in [0.2, 0.25) is 0 Å². The summed E-state index contributed by atoms with van der Waals surface area (Å²) >= 11 is 0. The number of hydrogen-bond acceptors (Lipinski definition) is 2. The molecule has 1 unspecified atom stereocenters. The van der Waals surface area contributed by atoms with Crippen molar-refractivity contribution in [2.75, 3.05) is 33.2 Å². The standard InChI is InChI=1S/C14H30N2/c1-4-13(2)12-16(3)11-5-6-14-7-9-15-10-8-14/h13-15H,4-12H2,1-3H3. The molecule has 96 valence electrons. The first-order valence-electron chi connectivity index (χ1n) is 7.11. The number of nitrogens with one attached hydrogen (secondary N) is 1. The van der Waals surface area contributed by atoms with E-state index < -0.39 is 0 Å². The fourth-order valence-corrected chi connectivity index (χ4v) is 2.57. The summed E-state index contributed by atoms with van der Waals surface area (Å²) in [6.45, 7) is 9.68. The zero-order valence-electron chi connectivity index (χ0n) is 11.5. The van der Waals surface area contributed by atoms with Crippen LogP contribution in [0.1, 0.15) is 46.0 Å². The molecule has 0 bridgehead atoms. The maximum absolute atomic E-state index is 3.44. The van der Waals surface area contributed by atoms with E-state index in [4.69, 9.17) is 0 Å². The zero-order valence-corrected chi connectivity index (χ0v) is 11.5. The van der Waals surface area contributed by atoms with Gasteiger partial charge >= 0.3 is 0 Å². The van der Waals surface area contributed by atoms with Crippen molar-refractivity contribution in [2.45, 2.75) is 46.0 Å². The predicted octanol–water partition coefficient (Wildman–Crippen LogP) is 2.74. The highest BCUT2D eigenvalue weighted by Crippen LogP contribution is 2.17. The average molecular weight is 226 g/mol. The summed E-state index contributed by atoms with van der Waals surface area (Å²) in [6, 6.07) is 0. The summed E-state index contributed by atoms with van der Waals surface area (Å²) in [4.78, 5) is 2.51. The topological polar surface area (TPSA) is 15.3 Å². The minimum Gasteiger partial charge on any atom is -0.317 e. The van der Waals surface area contributed by atoms with Gasteiger partial charge in [0.15, 0.2) is 0 Å². The molecule has 0 aromatic rings. The summed E-state index contributed by atoms with van der Waals surface area (Å²) in [6.07, 6.45) is 6.92. The number of hydrogen-bond donors (Lipinski definition) is 1. The average Bonchev–Trinajstić information content (AvgIpc) is 2.30. The van der Waals surface area contributed by atoms with Crippen LogP contribution in [0.25, 0.3) is 0 Å². The molecule has 16 heavy (non-hydrogen) atoms. The molecule has 0 amide bonds. The largest absolute Gasteiger partial charge is 0.317 e. The van der Waals surface area contributed by atoms with Crippen LogP contribution in [0.15, 0.2) is 0 Å². The van der Waals surface area contributed by atoms with Crippen molar-refractivity contribution in [1.82, 2.24) is 10.2 Å². The summed E-state index contributed by atoms with van der Waals surface area (Å²) in [7, 11) is 2.27. The molecule has 1 heterocycles. The zero-order chi connectivity index (χ0) is 11.8. The van der Waals surface area contributed by atoms with E-state index in [1.807, 2.05) is 0 Å². The smallest absolute Gasteiger partial charge is 0.000387 e. The first-order valence-corrected chi connectivity index (χ1v) is 7.11. The van der Waals surface area contributed by atoms with E-state index in [0.29, 0.717) is 0 Å². The van der Waals surface area contributed by atoms with E-state index in [0.717, 1.165) is 11.8 Å². The van der Waals surface area contributed by atoms with Crippen LogP contribution in [0.3, 0.4) is 0 Å². The normalized spacial score (nSPS) is 20.2. The molecular weight excluding hydrogens is 196 g/mol. The molecule has 1 aliphatic heterocycles. The van der Waals surface area contributed by atoms with Gasteiger partial charge in [-0.3, -0.25) is 0 Å². The Balaban J connectivity index is 2.00. The van der Waals surface area contributed by atoms with Gasteiger partial charge in [0.05, 0.1) is 0 Å². The van der Waals surface area contributed by atoms with Crippen LogP contribution in [0.5, 0.6) is 0 Å². The van der Waals surface area contributed by atoms with Gasteiger partial charge in [-0.15, -0.1) is 0 Å². The second-order valence-electron chi connectivity index (χ2n) is 5.61. The lowest BCUT2D eigenvalue weighted by Crippen LogP contribution is -2.29. The van der Waals surface area contributed by atoms with Crippen molar-refractivity contribution in [3.63, 3.8) is 0 Å². The molecule has 0 aliphatic carbocycles. The maximum atomic E-state index is 3.44. The van der Waals surface area contributed by atoms with Crippen molar-refractivity contribution in [1.29, 1.82) is 0 Å². The van der Waals surface area contributed by atoms with Crippen LogP contribution in [0, 0.1) is 11.8 Å². The highest BCUT2D eigenvalue weighted by atomic mass is 15.1. The summed E-state index contributed by atoms with van der Waals surface area (Å²) < 4.78 is 0. The van der Waals surface area contributed by atoms with E-state index in [9.17, 15) is 0 Å². The van der Waals surface area contributed by atoms with Crippen molar-refractivity contribution < 1.29 is 0 Å². The molecule has 1 N–H and O–H groups in total. The van der Waals surface area contributed by atoms with E-state index in [1.54, 1.807) is 0 Å². The molecule has 1 fully saturated rings. The lowest BCUT2D eigenvalue weighted by atomic mass is 9.93. The summed E-state index contributed by atoms with van der Waals surface area (Å²) in [5.74, 6) is 1.85. The lowest BCUT2D eigenvalue weighted by Gasteiger charge is -2.24. The van der Waals surface area contributed by atoms with Gasteiger partial charge in [-0.1, -0.05) is 20.3 Å². The Bertz CT molecular complexity index is 164. The fraction of sp³-hybridized carbons (Fsp3) is 1.00. The fourth-order valence-electron chi connectivity index (χ4n) is 2.57. The van der Waals surface area contributed by atoms with Crippen LogP contribution < -0.4 is 5.32 Å².